The average molecular weight is 450 g/mol. The summed E-state index contributed by atoms with van der Waals surface area (Å²) in [5.74, 6) is 3.02. The van der Waals surface area contributed by atoms with Gasteiger partial charge in [0.2, 0.25) is 5.91 Å². The molecule has 1 aromatic heterocycles. The van der Waals surface area contributed by atoms with Gasteiger partial charge in [-0.1, -0.05) is 23.4 Å². The van der Waals surface area contributed by atoms with Crippen molar-refractivity contribution in [3.8, 4) is 22.8 Å². The van der Waals surface area contributed by atoms with Crippen LogP contribution in [0.3, 0.4) is 0 Å². The Balaban J connectivity index is 1.34. The van der Waals surface area contributed by atoms with Gasteiger partial charge in [0, 0.05) is 30.2 Å². The number of methoxy groups -OCH3 is 2. The lowest BCUT2D eigenvalue weighted by atomic mass is 9.81. The second-order valence-electron chi connectivity index (χ2n) is 8.42. The molecule has 0 spiro atoms. The predicted octanol–water partition coefficient (Wildman–Crippen LogP) is 3.83. The normalized spacial score (nSPS) is 18.0. The largest absolute Gasteiger partial charge is 0.497 e. The van der Waals surface area contributed by atoms with Crippen molar-refractivity contribution in [1.29, 1.82) is 0 Å². The zero-order valence-electron chi connectivity index (χ0n) is 19.2. The monoisotopic (exact) mass is 449 g/mol. The van der Waals surface area contributed by atoms with Gasteiger partial charge in [-0.05, 0) is 68.1 Å². The second kappa shape index (κ2) is 11.0. The van der Waals surface area contributed by atoms with E-state index in [0.29, 0.717) is 24.8 Å². The van der Waals surface area contributed by atoms with Crippen LogP contribution in [0.5, 0.6) is 11.5 Å². The van der Waals surface area contributed by atoms with E-state index in [1.165, 1.54) is 0 Å². The van der Waals surface area contributed by atoms with Gasteiger partial charge in [0.25, 0.3) is 0 Å². The number of benzene rings is 2. The molecule has 7 nitrogen and oxygen atoms in total. The van der Waals surface area contributed by atoms with Crippen LogP contribution in [-0.4, -0.2) is 38.4 Å². The Labute approximate surface area is 194 Å². The van der Waals surface area contributed by atoms with Crippen LogP contribution in [-0.2, 0) is 17.8 Å². The van der Waals surface area contributed by atoms with E-state index in [1.807, 2.05) is 54.6 Å². The standard InChI is InChI=1S/C26H31N3O4/c1-31-23-9-7-18(8-10-23)25-15-22(29-33-25)13-21-16-27-12-11-19(21)14-26(30)28-17-20-5-3-4-6-24(20)32-2/h3-10,15,19,21,27H,11-14,16-17H2,1-2H3,(H,28,30)/t19-,21+/m0/s1. The molecule has 1 amide bonds. The third-order valence-electron chi connectivity index (χ3n) is 6.29. The van der Waals surface area contributed by atoms with E-state index in [1.54, 1.807) is 14.2 Å². The number of ether oxygens (including phenoxy) is 2. The number of carbonyl (C=O) groups is 1. The number of hydrogen-bond donors (Lipinski definition) is 2. The molecule has 1 aliphatic heterocycles. The van der Waals surface area contributed by atoms with Crippen LogP contribution in [0.25, 0.3) is 11.3 Å². The van der Waals surface area contributed by atoms with E-state index in [4.69, 9.17) is 14.0 Å². The lowest BCUT2D eigenvalue weighted by Gasteiger charge is -2.31. The van der Waals surface area contributed by atoms with Crippen molar-refractivity contribution in [3.63, 3.8) is 0 Å². The second-order valence-corrected chi connectivity index (χ2v) is 8.42. The molecule has 2 N–H and O–H groups in total. The molecule has 2 heterocycles. The van der Waals surface area contributed by atoms with E-state index >= 15 is 0 Å². The van der Waals surface area contributed by atoms with Crippen molar-refractivity contribution in [1.82, 2.24) is 15.8 Å². The Morgan fingerprint density at radius 3 is 2.73 bits per heavy atom. The Kier molecular flexibility index (Phi) is 7.62. The molecule has 33 heavy (non-hydrogen) atoms. The number of hydrogen-bond acceptors (Lipinski definition) is 6. The summed E-state index contributed by atoms with van der Waals surface area (Å²) >= 11 is 0. The number of amides is 1. The van der Waals surface area contributed by atoms with Crippen molar-refractivity contribution in [3.05, 3.63) is 65.9 Å². The number of nitrogens with zero attached hydrogens (tertiary/aromatic N) is 1. The third kappa shape index (κ3) is 5.93. The summed E-state index contributed by atoms with van der Waals surface area (Å²) in [7, 11) is 3.29. The molecule has 3 aromatic rings. The summed E-state index contributed by atoms with van der Waals surface area (Å²) < 4.78 is 16.2. The van der Waals surface area contributed by atoms with Crippen molar-refractivity contribution in [2.24, 2.45) is 11.8 Å². The Hall–Kier alpha value is -3.32. The molecule has 174 valence electrons. The van der Waals surface area contributed by atoms with E-state index in [2.05, 4.69) is 15.8 Å². The van der Waals surface area contributed by atoms with Crippen LogP contribution in [0.1, 0.15) is 24.1 Å². The summed E-state index contributed by atoms with van der Waals surface area (Å²) in [6.45, 7) is 2.26. The highest BCUT2D eigenvalue weighted by Crippen LogP contribution is 2.29. The minimum absolute atomic E-state index is 0.0666. The molecule has 4 rings (SSSR count). The first-order valence-electron chi connectivity index (χ1n) is 11.4. The van der Waals surface area contributed by atoms with Gasteiger partial charge in [0.05, 0.1) is 19.9 Å². The van der Waals surface area contributed by atoms with Gasteiger partial charge in [0.1, 0.15) is 11.5 Å². The van der Waals surface area contributed by atoms with E-state index in [9.17, 15) is 4.79 Å². The van der Waals surface area contributed by atoms with Crippen molar-refractivity contribution < 1.29 is 18.8 Å². The van der Waals surface area contributed by atoms with E-state index in [-0.39, 0.29) is 5.91 Å². The Morgan fingerprint density at radius 2 is 1.94 bits per heavy atom. The highest BCUT2D eigenvalue weighted by Gasteiger charge is 2.28. The van der Waals surface area contributed by atoms with Crippen LogP contribution >= 0.6 is 0 Å². The van der Waals surface area contributed by atoms with Gasteiger partial charge in [-0.15, -0.1) is 0 Å². The summed E-state index contributed by atoms with van der Waals surface area (Å²) in [6, 6.07) is 17.5. The zero-order valence-corrected chi connectivity index (χ0v) is 19.2. The van der Waals surface area contributed by atoms with Gasteiger partial charge < -0.3 is 24.6 Å². The number of piperidine rings is 1. The minimum Gasteiger partial charge on any atom is -0.497 e. The maximum atomic E-state index is 12.7. The molecule has 1 aliphatic rings. The molecular weight excluding hydrogens is 418 g/mol. The Morgan fingerprint density at radius 1 is 1.12 bits per heavy atom. The number of carbonyl (C=O) groups excluding carboxylic acids is 1. The van der Waals surface area contributed by atoms with Crippen molar-refractivity contribution in [2.75, 3.05) is 27.3 Å². The molecule has 1 fully saturated rings. The van der Waals surface area contributed by atoms with Crippen LogP contribution < -0.4 is 20.1 Å². The smallest absolute Gasteiger partial charge is 0.220 e. The fourth-order valence-electron chi connectivity index (χ4n) is 4.41. The molecule has 2 aromatic carbocycles. The summed E-state index contributed by atoms with van der Waals surface area (Å²) in [5.41, 5.74) is 2.85. The first kappa shape index (κ1) is 22.9. The maximum absolute atomic E-state index is 12.7. The van der Waals surface area contributed by atoms with Gasteiger partial charge >= 0.3 is 0 Å². The van der Waals surface area contributed by atoms with Gasteiger partial charge in [-0.25, -0.2) is 0 Å². The average Bonchev–Trinajstić information content (AvgIpc) is 3.32. The van der Waals surface area contributed by atoms with Crippen molar-refractivity contribution >= 4 is 5.91 Å². The zero-order chi connectivity index (χ0) is 23.0. The fourth-order valence-corrected chi connectivity index (χ4v) is 4.41. The predicted molar refractivity (Wildman–Crippen MR) is 126 cm³/mol. The number of para-hydroxylation sites is 1. The van der Waals surface area contributed by atoms with Gasteiger partial charge in [0.15, 0.2) is 5.76 Å². The molecule has 1 saturated heterocycles. The molecule has 0 saturated carbocycles. The van der Waals surface area contributed by atoms with Crippen LogP contribution in [0.15, 0.2) is 59.1 Å². The van der Waals surface area contributed by atoms with Crippen molar-refractivity contribution in [2.45, 2.75) is 25.8 Å². The molecule has 0 radical (unpaired) electrons. The summed E-state index contributed by atoms with van der Waals surface area (Å²) in [6.07, 6.45) is 2.25. The maximum Gasteiger partial charge on any atom is 0.220 e. The van der Waals surface area contributed by atoms with E-state index in [0.717, 1.165) is 60.0 Å². The first-order valence-corrected chi connectivity index (χ1v) is 11.4. The molecule has 7 heteroatoms. The van der Waals surface area contributed by atoms with Crippen LogP contribution in [0.2, 0.25) is 0 Å². The number of nitrogens with one attached hydrogen (secondary N) is 2. The summed E-state index contributed by atoms with van der Waals surface area (Å²) in [5, 5.41) is 10.8. The fraction of sp³-hybridized carbons (Fsp3) is 0.385. The lowest BCUT2D eigenvalue weighted by Crippen LogP contribution is -2.40. The molecular formula is C26H31N3O4. The highest BCUT2D eigenvalue weighted by molar-refractivity contribution is 5.76. The first-order chi connectivity index (χ1) is 16.2. The quantitative estimate of drug-likeness (QED) is 0.516. The van der Waals surface area contributed by atoms with E-state index < -0.39 is 0 Å². The van der Waals surface area contributed by atoms with Gasteiger partial charge in [-0.2, -0.15) is 0 Å². The topological polar surface area (TPSA) is 85.6 Å². The van der Waals surface area contributed by atoms with Crippen LogP contribution in [0, 0.1) is 11.8 Å². The highest BCUT2D eigenvalue weighted by atomic mass is 16.5. The lowest BCUT2D eigenvalue weighted by molar-refractivity contribution is -0.122. The van der Waals surface area contributed by atoms with Crippen LogP contribution in [0.4, 0.5) is 0 Å². The molecule has 0 bridgehead atoms. The molecule has 0 unspecified atom stereocenters. The third-order valence-corrected chi connectivity index (χ3v) is 6.29. The number of aromatic nitrogens is 1. The SMILES string of the molecule is COc1ccc(-c2cc(C[C@@H]3CNCC[C@H]3CC(=O)NCc3ccccc3OC)no2)cc1. The molecule has 0 aliphatic carbocycles. The Bertz CT molecular complexity index is 1050. The molecule has 2 atom stereocenters. The minimum atomic E-state index is 0.0666. The summed E-state index contributed by atoms with van der Waals surface area (Å²) in [4.78, 5) is 12.7. The number of rotatable bonds is 9. The van der Waals surface area contributed by atoms with Gasteiger partial charge in [-0.3, -0.25) is 4.79 Å².